The number of halogens is 2. The second-order valence-electron chi connectivity index (χ2n) is 7.77. The van der Waals surface area contributed by atoms with Gasteiger partial charge in [0.2, 0.25) is 0 Å². The number of rotatable bonds is 4. The average molecular weight is 465 g/mol. The highest BCUT2D eigenvalue weighted by molar-refractivity contribution is 7.98. The van der Waals surface area contributed by atoms with Crippen LogP contribution in [0.5, 0.6) is 0 Å². The van der Waals surface area contributed by atoms with Gasteiger partial charge in [0.1, 0.15) is 5.82 Å². The third-order valence-electron chi connectivity index (χ3n) is 5.98. The van der Waals surface area contributed by atoms with Crippen LogP contribution in [0.1, 0.15) is 23.6 Å². The Morgan fingerprint density at radius 2 is 1.93 bits per heavy atom. The van der Waals surface area contributed by atoms with E-state index in [9.17, 15) is 4.79 Å². The molecule has 160 valence electrons. The zero-order chi connectivity index (χ0) is 19.1. The van der Waals surface area contributed by atoms with E-state index in [0.717, 1.165) is 25.5 Å². The number of benzene rings is 1. The van der Waals surface area contributed by atoms with Crippen molar-refractivity contribution >= 4 is 36.6 Å². The number of hydrogen-bond donors (Lipinski definition) is 1. The molecule has 4 heterocycles. The van der Waals surface area contributed by atoms with Gasteiger partial charge in [-0.25, -0.2) is 4.98 Å². The number of piperidine rings is 1. The summed E-state index contributed by atoms with van der Waals surface area (Å²) in [5, 5.41) is 3.50. The van der Waals surface area contributed by atoms with E-state index >= 15 is 0 Å². The molecule has 2 aliphatic rings. The van der Waals surface area contributed by atoms with Crippen molar-refractivity contribution in [3.05, 3.63) is 70.4 Å². The highest BCUT2D eigenvalue weighted by atomic mass is 35.5. The van der Waals surface area contributed by atoms with E-state index in [1.165, 1.54) is 22.6 Å². The van der Waals surface area contributed by atoms with Crippen LogP contribution in [-0.4, -0.2) is 33.5 Å². The van der Waals surface area contributed by atoms with Crippen molar-refractivity contribution in [3.63, 3.8) is 0 Å². The maximum atomic E-state index is 13.3. The number of hydrogen-bond acceptors (Lipinski definition) is 4. The molecule has 2 atom stereocenters. The Bertz CT molecular complexity index is 1060. The SMILES string of the molecule is CSc1ccc(Cn2ccnc2-c2ccc3n(c2=O)C[C@@H]2CNC[C@H]3C2)cc1.Cl.Cl. The maximum Gasteiger partial charge on any atom is 0.261 e. The van der Waals surface area contributed by atoms with Crippen molar-refractivity contribution in [1.82, 2.24) is 19.4 Å². The molecule has 2 aliphatic heterocycles. The predicted octanol–water partition coefficient (Wildman–Crippen LogP) is 4.03. The molecule has 0 spiro atoms. The number of thioether (sulfide) groups is 1. The quantitative estimate of drug-likeness (QED) is 0.592. The van der Waals surface area contributed by atoms with Crippen LogP contribution in [-0.2, 0) is 13.1 Å². The highest BCUT2D eigenvalue weighted by Crippen LogP contribution is 2.32. The summed E-state index contributed by atoms with van der Waals surface area (Å²) in [4.78, 5) is 19.1. The standard InChI is InChI=1S/C22H24N4OS.2ClH/c1-28-18-4-2-15(3-5-18)13-25-9-8-24-21(25)19-6-7-20-17-10-16(11-23-12-17)14-26(20)22(19)27;;/h2-9,16-17,23H,10-14H2,1H3;2*1H/t16-,17+;;/m0../s1. The summed E-state index contributed by atoms with van der Waals surface area (Å²) in [5.74, 6) is 1.75. The van der Waals surface area contributed by atoms with Crippen LogP contribution in [0.4, 0.5) is 0 Å². The molecule has 1 aromatic carbocycles. The number of aromatic nitrogens is 3. The first kappa shape index (κ1) is 22.9. The summed E-state index contributed by atoms with van der Waals surface area (Å²) in [6, 6.07) is 12.7. The van der Waals surface area contributed by atoms with E-state index in [1.54, 1.807) is 18.0 Å². The second kappa shape index (κ2) is 9.60. The minimum atomic E-state index is 0. The number of imidazole rings is 1. The lowest BCUT2D eigenvalue weighted by Gasteiger charge is -2.37. The normalized spacial score (nSPS) is 19.4. The molecule has 0 unspecified atom stereocenters. The minimum Gasteiger partial charge on any atom is -0.326 e. The Morgan fingerprint density at radius 1 is 1.13 bits per heavy atom. The third-order valence-corrected chi connectivity index (χ3v) is 6.72. The molecule has 0 amide bonds. The lowest BCUT2D eigenvalue weighted by molar-refractivity contribution is 0.257. The number of fused-ring (bicyclic) bond motifs is 4. The summed E-state index contributed by atoms with van der Waals surface area (Å²) in [5.41, 5.74) is 3.17. The monoisotopic (exact) mass is 464 g/mol. The average Bonchev–Trinajstić information content (AvgIpc) is 3.17. The Hall–Kier alpha value is -1.73. The van der Waals surface area contributed by atoms with Crippen molar-refractivity contribution in [1.29, 1.82) is 0 Å². The van der Waals surface area contributed by atoms with Crippen LogP contribution in [0, 0.1) is 5.92 Å². The Kier molecular flexibility index (Phi) is 7.34. The van der Waals surface area contributed by atoms with Crippen LogP contribution in [0.25, 0.3) is 11.4 Å². The molecule has 0 radical (unpaired) electrons. The summed E-state index contributed by atoms with van der Waals surface area (Å²) in [6.45, 7) is 3.49. The lowest BCUT2D eigenvalue weighted by Crippen LogP contribution is -2.45. The van der Waals surface area contributed by atoms with Crippen molar-refractivity contribution in [2.45, 2.75) is 30.3 Å². The molecule has 1 fully saturated rings. The molecule has 5 rings (SSSR count). The fourth-order valence-corrected chi connectivity index (χ4v) is 4.98. The molecular weight excluding hydrogens is 439 g/mol. The highest BCUT2D eigenvalue weighted by Gasteiger charge is 2.31. The molecule has 1 N–H and O–H groups in total. The smallest absolute Gasteiger partial charge is 0.261 e. The first-order valence-electron chi connectivity index (χ1n) is 9.82. The van der Waals surface area contributed by atoms with E-state index in [4.69, 9.17) is 0 Å². The van der Waals surface area contributed by atoms with Gasteiger partial charge >= 0.3 is 0 Å². The Labute approximate surface area is 193 Å². The summed E-state index contributed by atoms with van der Waals surface area (Å²) >= 11 is 1.74. The Morgan fingerprint density at radius 3 is 2.70 bits per heavy atom. The molecule has 2 bridgehead atoms. The van der Waals surface area contributed by atoms with Gasteiger partial charge in [0, 0.05) is 48.5 Å². The summed E-state index contributed by atoms with van der Waals surface area (Å²) in [6.07, 6.45) is 7.01. The summed E-state index contributed by atoms with van der Waals surface area (Å²) < 4.78 is 4.07. The number of pyridine rings is 1. The molecule has 0 aliphatic carbocycles. The van der Waals surface area contributed by atoms with Crippen LogP contribution in [0.3, 0.4) is 0 Å². The van der Waals surface area contributed by atoms with Crippen LogP contribution in [0.15, 0.2) is 58.5 Å². The third kappa shape index (κ3) is 4.19. The topological polar surface area (TPSA) is 51.9 Å². The van der Waals surface area contributed by atoms with E-state index in [0.29, 0.717) is 23.9 Å². The maximum absolute atomic E-state index is 13.3. The van der Waals surface area contributed by atoms with Crippen molar-refractivity contribution < 1.29 is 0 Å². The van der Waals surface area contributed by atoms with Gasteiger partial charge in [-0.05, 0) is 55.0 Å². The van der Waals surface area contributed by atoms with Crippen LogP contribution >= 0.6 is 36.6 Å². The van der Waals surface area contributed by atoms with E-state index in [1.807, 2.05) is 16.8 Å². The van der Waals surface area contributed by atoms with Gasteiger partial charge in [-0.3, -0.25) is 4.79 Å². The van der Waals surface area contributed by atoms with Crippen LogP contribution < -0.4 is 10.9 Å². The first-order valence-corrected chi connectivity index (χ1v) is 11.0. The van der Waals surface area contributed by atoms with Crippen molar-refractivity contribution in [2.75, 3.05) is 19.3 Å². The fourth-order valence-electron chi connectivity index (χ4n) is 4.57. The molecular formula is C22H26Cl2N4OS. The van der Waals surface area contributed by atoms with E-state index in [2.05, 4.69) is 51.5 Å². The molecule has 5 nitrogen and oxygen atoms in total. The van der Waals surface area contributed by atoms with Gasteiger partial charge in [0.05, 0.1) is 5.56 Å². The van der Waals surface area contributed by atoms with Crippen molar-refractivity contribution in [2.24, 2.45) is 5.92 Å². The second-order valence-corrected chi connectivity index (χ2v) is 8.65. The predicted molar refractivity (Wildman–Crippen MR) is 127 cm³/mol. The van der Waals surface area contributed by atoms with E-state index < -0.39 is 0 Å². The van der Waals surface area contributed by atoms with Gasteiger partial charge in [-0.1, -0.05) is 12.1 Å². The molecule has 1 saturated heterocycles. The minimum absolute atomic E-state index is 0. The van der Waals surface area contributed by atoms with Crippen LogP contribution in [0.2, 0.25) is 0 Å². The molecule has 0 saturated carbocycles. The first-order chi connectivity index (χ1) is 13.7. The molecule has 30 heavy (non-hydrogen) atoms. The summed E-state index contributed by atoms with van der Waals surface area (Å²) in [7, 11) is 0. The largest absolute Gasteiger partial charge is 0.326 e. The molecule has 2 aromatic heterocycles. The van der Waals surface area contributed by atoms with Crippen molar-refractivity contribution in [3.8, 4) is 11.4 Å². The number of nitrogens with one attached hydrogen (secondary N) is 1. The Balaban J connectivity index is 0.00000128. The number of nitrogens with zero attached hydrogens (tertiary/aromatic N) is 3. The van der Waals surface area contributed by atoms with Gasteiger partial charge in [-0.15, -0.1) is 36.6 Å². The van der Waals surface area contributed by atoms with Gasteiger partial charge in [0.15, 0.2) is 0 Å². The molecule has 8 heteroatoms. The fraction of sp³-hybridized carbons (Fsp3) is 0.364. The van der Waals surface area contributed by atoms with Gasteiger partial charge < -0.3 is 14.5 Å². The van der Waals surface area contributed by atoms with Gasteiger partial charge in [-0.2, -0.15) is 0 Å². The molecule has 3 aromatic rings. The lowest BCUT2D eigenvalue weighted by atomic mass is 9.84. The zero-order valence-electron chi connectivity index (χ0n) is 16.8. The van der Waals surface area contributed by atoms with Gasteiger partial charge in [0.25, 0.3) is 5.56 Å². The van der Waals surface area contributed by atoms with E-state index in [-0.39, 0.29) is 30.4 Å². The zero-order valence-corrected chi connectivity index (χ0v) is 19.2.